The van der Waals surface area contributed by atoms with E-state index in [0.29, 0.717) is 17.4 Å². The van der Waals surface area contributed by atoms with Crippen LogP contribution in [0.25, 0.3) is 11.3 Å². The van der Waals surface area contributed by atoms with Crippen molar-refractivity contribution in [2.24, 2.45) is 18.9 Å². The Kier molecular flexibility index (Phi) is 4.39. The fourth-order valence-corrected chi connectivity index (χ4v) is 4.66. The summed E-state index contributed by atoms with van der Waals surface area (Å²) in [5, 5.41) is 10.3. The van der Waals surface area contributed by atoms with E-state index < -0.39 is 0 Å². The fourth-order valence-electron chi connectivity index (χ4n) is 4.66. The molecule has 4 aromatic rings. The van der Waals surface area contributed by atoms with Crippen molar-refractivity contribution in [1.29, 1.82) is 0 Å². The Bertz CT molecular complexity index is 1390. The summed E-state index contributed by atoms with van der Waals surface area (Å²) in [6, 6.07) is 15.2. The number of fused-ring (bicyclic) bond motifs is 2. The van der Waals surface area contributed by atoms with Crippen LogP contribution in [0.4, 0.5) is 17.2 Å². The highest BCUT2D eigenvalue weighted by Crippen LogP contribution is 2.51. The molecular formula is C25H22N6O2. The number of aromatic amines is 1. The number of benzene rings is 1. The summed E-state index contributed by atoms with van der Waals surface area (Å²) < 4.78 is 1.51. The minimum absolute atomic E-state index is 0.142. The van der Waals surface area contributed by atoms with Gasteiger partial charge in [0.25, 0.3) is 5.91 Å². The van der Waals surface area contributed by atoms with Crippen LogP contribution < -0.4 is 10.6 Å². The molecule has 0 radical (unpaired) electrons. The number of carbonyl (C=O) groups is 2. The molecule has 0 bridgehead atoms. The average Bonchev–Trinajstić information content (AvgIpc) is 3.33. The summed E-state index contributed by atoms with van der Waals surface area (Å²) in [7, 11) is 1.71. The van der Waals surface area contributed by atoms with Gasteiger partial charge in [-0.2, -0.15) is 5.10 Å². The van der Waals surface area contributed by atoms with Crippen molar-refractivity contribution in [3.8, 4) is 11.3 Å². The number of para-hydroxylation sites is 1. The normalized spacial score (nSPS) is 18.4. The van der Waals surface area contributed by atoms with Gasteiger partial charge in [-0.1, -0.05) is 18.2 Å². The van der Waals surface area contributed by atoms with E-state index in [-0.39, 0.29) is 17.6 Å². The second-order valence-electron chi connectivity index (χ2n) is 8.61. The number of aryl methyl sites for hydroxylation is 1. The molecule has 0 aliphatic heterocycles. The smallest absolute Gasteiger partial charge is 0.275 e. The lowest BCUT2D eigenvalue weighted by atomic mass is 9.95. The Morgan fingerprint density at radius 2 is 2.00 bits per heavy atom. The summed E-state index contributed by atoms with van der Waals surface area (Å²) in [5.41, 5.74) is 5.51. The molecule has 1 fully saturated rings. The Morgan fingerprint density at radius 3 is 2.79 bits per heavy atom. The first-order chi connectivity index (χ1) is 16.1. The summed E-state index contributed by atoms with van der Waals surface area (Å²) >= 11 is 0. The molecule has 1 aromatic carbocycles. The van der Waals surface area contributed by atoms with Crippen LogP contribution >= 0.6 is 0 Å². The number of anilines is 3. The van der Waals surface area contributed by atoms with Gasteiger partial charge in [0.15, 0.2) is 5.78 Å². The van der Waals surface area contributed by atoms with E-state index in [4.69, 9.17) is 0 Å². The quantitative estimate of drug-likeness (QED) is 0.434. The first-order valence-electron chi connectivity index (χ1n) is 11.0. The first kappa shape index (κ1) is 19.5. The molecule has 1 amide bonds. The number of H-pyrrole nitrogens is 1. The van der Waals surface area contributed by atoms with Crippen molar-refractivity contribution in [2.45, 2.75) is 12.8 Å². The van der Waals surface area contributed by atoms with E-state index >= 15 is 0 Å². The molecule has 2 unspecified atom stereocenters. The minimum atomic E-state index is -0.289. The second-order valence-corrected chi connectivity index (χ2v) is 8.61. The van der Waals surface area contributed by atoms with Crippen molar-refractivity contribution in [3.63, 3.8) is 0 Å². The molecule has 3 N–H and O–H groups in total. The van der Waals surface area contributed by atoms with Crippen molar-refractivity contribution < 1.29 is 9.59 Å². The van der Waals surface area contributed by atoms with Gasteiger partial charge < -0.3 is 15.6 Å². The van der Waals surface area contributed by atoms with Crippen molar-refractivity contribution in [1.82, 2.24) is 19.7 Å². The first-order valence-corrected chi connectivity index (χ1v) is 11.0. The number of carbonyl (C=O) groups excluding carboxylic acids is 2. The number of aromatic nitrogens is 4. The summed E-state index contributed by atoms with van der Waals surface area (Å²) in [6.07, 6.45) is 5.08. The Morgan fingerprint density at radius 1 is 1.15 bits per heavy atom. The third-order valence-electron chi connectivity index (χ3n) is 6.44. The zero-order valence-corrected chi connectivity index (χ0v) is 18.0. The molecule has 2 aliphatic carbocycles. The van der Waals surface area contributed by atoms with Gasteiger partial charge in [0.05, 0.1) is 16.9 Å². The molecule has 8 heteroatoms. The summed E-state index contributed by atoms with van der Waals surface area (Å²) in [4.78, 5) is 33.6. The largest absolute Gasteiger partial charge is 0.356 e. The van der Waals surface area contributed by atoms with Crippen LogP contribution in [0, 0.1) is 11.8 Å². The van der Waals surface area contributed by atoms with Gasteiger partial charge in [0.1, 0.15) is 11.5 Å². The molecule has 6 rings (SSSR count). The second kappa shape index (κ2) is 7.44. The number of amides is 1. The lowest BCUT2D eigenvalue weighted by Gasteiger charge is -2.13. The Balaban J connectivity index is 1.39. The lowest BCUT2D eigenvalue weighted by molar-refractivity contribution is 0.0954. The van der Waals surface area contributed by atoms with E-state index in [0.717, 1.165) is 46.7 Å². The summed E-state index contributed by atoms with van der Waals surface area (Å²) in [6.45, 7) is 0. The SMILES string of the molecule is Cn1nccc1C(=O)Nc1cc(-c2[nH]c3c(c2Nc2ccccc2)C(=O)C2CC2C3)ccn1. The van der Waals surface area contributed by atoms with Gasteiger partial charge in [-0.25, -0.2) is 4.98 Å². The molecule has 3 heterocycles. The topological polar surface area (TPSA) is 105 Å². The van der Waals surface area contributed by atoms with Crippen molar-refractivity contribution in [2.75, 3.05) is 10.6 Å². The van der Waals surface area contributed by atoms with Gasteiger partial charge in [-0.05, 0) is 49.1 Å². The highest BCUT2D eigenvalue weighted by molar-refractivity contribution is 6.10. The van der Waals surface area contributed by atoms with Gasteiger partial charge in [-0.15, -0.1) is 0 Å². The van der Waals surface area contributed by atoms with Crippen molar-refractivity contribution in [3.05, 3.63) is 77.9 Å². The number of rotatable bonds is 5. The number of pyridine rings is 1. The number of nitrogens with zero attached hydrogens (tertiary/aromatic N) is 3. The maximum atomic E-state index is 13.2. The molecule has 0 spiro atoms. The Hall–Kier alpha value is -4.20. The Labute approximate surface area is 190 Å². The van der Waals surface area contributed by atoms with Gasteiger partial charge in [0.2, 0.25) is 0 Å². The maximum Gasteiger partial charge on any atom is 0.275 e. The van der Waals surface area contributed by atoms with Crippen LogP contribution in [0.2, 0.25) is 0 Å². The van der Waals surface area contributed by atoms with Crippen LogP contribution in [0.1, 0.15) is 33.0 Å². The van der Waals surface area contributed by atoms with E-state index in [2.05, 4.69) is 25.7 Å². The molecule has 2 aliphatic rings. The zero-order chi connectivity index (χ0) is 22.5. The molecular weight excluding hydrogens is 416 g/mol. The van der Waals surface area contributed by atoms with Crippen LogP contribution in [0.15, 0.2) is 60.9 Å². The molecule has 1 saturated carbocycles. The zero-order valence-electron chi connectivity index (χ0n) is 18.0. The third kappa shape index (κ3) is 3.40. The minimum Gasteiger partial charge on any atom is -0.356 e. The predicted molar refractivity (Wildman–Crippen MR) is 125 cm³/mol. The van der Waals surface area contributed by atoms with E-state index in [1.807, 2.05) is 42.5 Å². The average molecular weight is 438 g/mol. The number of hydrogen-bond donors (Lipinski definition) is 3. The lowest BCUT2D eigenvalue weighted by Crippen LogP contribution is -2.16. The van der Waals surface area contributed by atoms with E-state index in [1.165, 1.54) is 4.68 Å². The highest BCUT2D eigenvalue weighted by Gasteiger charge is 2.49. The van der Waals surface area contributed by atoms with Crippen LogP contribution in [0.5, 0.6) is 0 Å². The fraction of sp³-hybridized carbons (Fsp3) is 0.200. The third-order valence-corrected chi connectivity index (χ3v) is 6.44. The number of nitrogens with one attached hydrogen (secondary N) is 3. The molecule has 0 saturated heterocycles. The van der Waals surface area contributed by atoms with Gasteiger partial charge in [0, 0.05) is 42.3 Å². The molecule has 2 atom stereocenters. The van der Waals surface area contributed by atoms with Gasteiger partial charge >= 0.3 is 0 Å². The van der Waals surface area contributed by atoms with Crippen LogP contribution in [-0.2, 0) is 13.5 Å². The monoisotopic (exact) mass is 438 g/mol. The molecule has 33 heavy (non-hydrogen) atoms. The summed E-state index contributed by atoms with van der Waals surface area (Å²) in [5.74, 6) is 0.936. The van der Waals surface area contributed by atoms with Crippen molar-refractivity contribution >= 4 is 28.9 Å². The van der Waals surface area contributed by atoms with Crippen LogP contribution in [-0.4, -0.2) is 31.4 Å². The van der Waals surface area contributed by atoms with Gasteiger partial charge in [-0.3, -0.25) is 14.3 Å². The molecule has 8 nitrogen and oxygen atoms in total. The van der Waals surface area contributed by atoms with Crippen LogP contribution in [0.3, 0.4) is 0 Å². The molecule has 3 aromatic heterocycles. The maximum absolute atomic E-state index is 13.2. The standard InChI is InChI=1S/C25H22N6O2/c1-31-19(8-10-27-31)25(33)30-20-13-14(7-9-26-20)22-23(28-16-5-3-2-4-6-16)21-18(29-22)12-15-11-17(15)24(21)32/h2-10,13,15,17,28-29H,11-12H2,1H3,(H,26,30,33). The molecule has 164 valence electrons. The predicted octanol–water partition coefficient (Wildman–Crippen LogP) is 4.18. The highest BCUT2D eigenvalue weighted by atomic mass is 16.2. The number of hydrogen-bond acceptors (Lipinski definition) is 5. The van der Waals surface area contributed by atoms with E-state index in [9.17, 15) is 9.59 Å². The number of ketones is 1. The number of Topliss-reactive ketones (excluding diaryl/α,β-unsaturated/α-hetero) is 1. The van der Waals surface area contributed by atoms with E-state index in [1.54, 1.807) is 25.5 Å².